The maximum atomic E-state index is 10.8. The highest BCUT2D eigenvalue weighted by molar-refractivity contribution is 5.49. The Bertz CT molecular complexity index is 465. The summed E-state index contributed by atoms with van der Waals surface area (Å²) in [6.45, 7) is 17.7. The van der Waals surface area contributed by atoms with Gasteiger partial charge < -0.3 is 5.11 Å². The Balaban J connectivity index is 3.04. The van der Waals surface area contributed by atoms with Gasteiger partial charge in [-0.05, 0) is 46.3 Å². The van der Waals surface area contributed by atoms with Crippen LogP contribution in [0.25, 0.3) is 0 Å². The predicted molar refractivity (Wildman–Crippen MR) is 103 cm³/mol. The first kappa shape index (κ1) is 20.1. The van der Waals surface area contributed by atoms with E-state index in [9.17, 15) is 5.11 Å². The van der Waals surface area contributed by atoms with Crippen molar-refractivity contribution in [3.8, 4) is 5.75 Å². The minimum absolute atomic E-state index is 0.0321. The number of benzene rings is 1. The van der Waals surface area contributed by atoms with Crippen molar-refractivity contribution in [1.82, 2.24) is 0 Å². The molecule has 0 radical (unpaired) electrons. The number of aromatic hydroxyl groups is 1. The molecular formula is C22H38O. The van der Waals surface area contributed by atoms with Gasteiger partial charge in [-0.25, -0.2) is 0 Å². The number of aryl methyl sites for hydroxylation is 1. The molecule has 0 spiro atoms. The zero-order valence-corrected chi connectivity index (χ0v) is 16.7. The molecule has 0 aliphatic carbocycles. The lowest BCUT2D eigenvalue weighted by molar-refractivity contribution is 0.422. The summed E-state index contributed by atoms with van der Waals surface area (Å²) in [7, 11) is 0. The highest BCUT2D eigenvalue weighted by Crippen LogP contribution is 2.40. The van der Waals surface area contributed by atoms with Crippen LogP contribution in [0.4, 0.5) is 0 Å². The van der Waals surface area contributed by atoms with Gasteiger partial charge in [0.1, 0.15) is 5.75 Å². The molecule has 0 aliphatic heterocycles. The van der Waals surface area contributed by atoms with Crippen molar-refractivity contribution in [3.63, 3.8) is 0 Å². The van der Waals surface area contributed by atoms with E-state index in [1.54, 1.807) is 0 Å². The number of phenolic OH excluding ortho intramolecular Hbond substituents is 1. The fourth-order valence-corrected chi connectivity index (χ4v) is 3.27. The van der Waals surface area contributed by atoms with Gasteiger partial charge in [-0.15, -0.1) is 0 Å². The molecule has 1 rings (SSSR count). The quantitative estimate of drug-likeness (QED) is 0.615. The minimum atomic E-state index is -0.0321. The average molecular weight is 319 g/mol. The van der Waals surface area contributed by atoms with Gasteiger partial charge in [-0.1, -0.05) is 86.8 Å². The van der Waals surface area contributed by atoms with E-state index in [4.69, 9.17) is 0 Å². The summed E-state index contributed by atoms with van der Waals surface area (Å²) in [6, 6.07) is 4.46. The Morgan fingerprint density at radius 2 is 1.39 bits per heavy atom. The van der Waals surface area contributed by atoms with Gasteiger partial charge in [0.25, 0.3) is 0 Å². The zero-order valence-electron chi connectivity index (χ0n) is 16.7. The van der Waals surface area contributed by atoms with Crippen molar-refractivity contribution < 1.29 is 5.11 Å². The largest absolute Gasteiger partial charge is 0.507 e. The number of hydrogen-bond acceptors (Lipinski definition) is 1. The first-order valence-corrected chi connectivity index (χ1v) is 9.33. The molecule has 1 aromatic rings. The van der Waals surface area contributed by atoms with Crippen LogP contribution in [-0.2, 0) is 17.3 Å². The summed E-state index contributed by atoms with van der Waals surface area (Å²) in [4.78, 5) is 0. The van der Waals surface area contributed by atoms with Crippen LogP contribution < -0.4 is 0 Å². The van der Waals surface area contributed by atoms with E-state index in [-0.39, 0.29) is 10.8 Å². The van der Waals surface area contributed by atoms with Crippen LogP contribution in [0.3, 0.4) is 0 Å². The third kappa shape index (κ3) is 5.86. The fraction of sp³-hybridized carbons (Fsp3) is 0.727. The summed E-state index contributed by atoms with van der Waals surface area (Å²) in [5.74, 6) is 1.31. The van der Waals surface area contributed by atoms with E-state index in [1.165, 1.54) is 31.2 Å². The monoisotopic (exact) mass is 318 g/mol. The van der Waals surface area contributed by atoms with Crippen LogP contribution >= 0.6 is 0 Å². The second-order valence-corrected chi connectivity index (χ2v) is 9.33. The molecule has 0 bridgehead atoms. The first-order valence-electron chi connectivity index (χ1n) is 9.33. The first-order chi connectivity index (χ1) is 10.5. The Morgan fingerprint density at radius 1 is 0.913 bits per heavy atom. The molecule has 132 valence electrons. The standard InChI is InChI=1S/C22H38O/c1-9-11-16(2)12-10-13-17-14-18(21(3,4)5)20(23)19(15-17)22(6,7)8/h14-16,23H,9-13H2,1-8H3. The normalized spacial score (nSPS) is 14.1. The molecule has 1 nitrogen and oxygen atoms in total. The van der Waals surface area contributed by atoms with Gasteiger partial charge in [0.2, 0.25) is 0 Å². The Hall–Kier alpha value is -0.980. The molecule has 0 saturated heterocycles. The van der Waals surface area contributed by atoms with Gasteiger partial charge in [0, 0.05) is 0 Å². The van der Waals surface area contributed by atoms with Gasteiger partial charge in [-0.2, -0.15) is 0 Å². The summed E-state index contributed by atoms with van der Waals surface area (Å²) in [5.41, 5.74) is 3.48. The second-order valence-electron chi connectivity index (χ2n) is 9.33. The van der Waals surface area contributed by atoms with E-state index < -0.39 is 0 Å². The smallest absolute Gasteiger partial charge is 0.123 e. The lowest BCUT2D eigenvalue weighted by Gasteiger charge is -2.28. The van der Waals surface area contributed by atoms with Crippen molar-refractivity contribution in [2.45, 2.75) is 98.3 Å². The van der Waals surface area contributed by atoms with Crippen LogP contribution in [0, 0.1) is 5.92 Å². The predicted octanol–water partition coefficient (Wildman–Crippen LogP) is 6.75. The number of phenols is 1. The lowest BCUT2D eigenvalue weighted by atomic mass is 9.78. The average Bonchev–Trinajstić information content (AvgIpc) is 2.38. The van der Waals surface area contributed by atoms with Crippen molar-refractivity contribution in [2.75, 3.05) is 0 Å². The van der Waals surface area contributed by atoms with Crippen LogP contribution in [-0.4, -0.2) is 5.11 Å². The molecule has 0 fully saturated rings. The Kier molecular flexibility index (Phi) is 6.74. The zero-order chi connectivity index (χ0) is 17.8. The lowest BCUT2D eigenvalue weighted by Crippen LogP contribution is -2.18. The Labute approximate surface area is 144 Å². The molecule has 1 N–H and O–H groups in total. The van der Waals surface area contributed by atoms with E-state index in [0.29, 0.717) is 5.75 Å². The van der Waals surface area contributed by atoms with Crippen LogP contribution in [0.2, 0.25) is 0 Å². The summed E-state index contributed by atoms with van der Waals surface area (Å²) < 4.78 is 0. The molecule has 1 unspecified atom stereocenters. The maximum absolute atomic E-state index is 10.8. The van der Waals surface area contributed by atoms with E-state index in [2.05, 4.69) is 67.5 Å². The van der Waals surface area contributed by atoms with Crippen LogP contribution in [0.5, 0.6) is 5.75 Å². The third-order valence-corrected chi connectivity index (χ3v) is 4.73. The number of rotatable bonds is 6. The summed E-state index contributed by atoms with van der Waals surface area (Å²) in [5, 5.41) is 10.8. The fourth-order valence-electron chi connectivity index (χ4n) is 3.27. The van der Waals surface area contributed by atoms with Crippen molar-refractivity contribution >= 4 is 0 Å². The molecule has 0 saturated carbocycles. The van der Waals surface area contributed by atoms with Gasteiger partial charge in [0.15, 0.2) is 0 Å². The molecule has 0 heterocycles. The van der Waals surface area contributed by atoms with Crippen LogP contribution in [0.1, 0.15) is 97.8 Å². The van der Waals surface area contributed by atoms with E-state index in [1.807, 2.05) is 0 Å². The molecule has 1 heteroatoms. The SMILES string of the molecule is CCCC(C)CCCc1cc(C(C)(C)C)c(O)c(C(C)(C)C)c1. The highest BCUT2D eigenvalue weighted by Gasteiger charge is 2.26. The third-order valence-electron chi connectivity index (χ3n) is 4.73. The van der Waals surface area contributed by atoms with Crippen LogP contribution in [0.15, 0.2) is 12.1 Å². The summed E-state index contributed by atoms with van der Waals surface area (Å²) in [6.07, 6.45) is 6.25. The van der Waals surface area contributed by atoms with Crippen molar-refractivity contribution in [3.05, 3.63) is 28.8 Å². The van der Waals surface area contributed by atoms with Gasteiger partial charge in [0.05, 0.1) is 0 Å². The minimum Gasteiger partial charge on any atom is -0.507 e. The molecule has 0 aliphatic rings. The van der Waals surface area contributed by atoms with E-state index in [0.717, 1.165) is 23.5 Å². The maximum Gasteiger partial charge on any atom is 0.123 e. The molecule has 23 heavy (non-hydrogen) atoms. The number of hydrogen-bond donors (Lipinski definition) is 1. The summed E-state index contributed by atoms with van der Waals surface area (Å²) >= 11 is 0. The second kappa shape index (κ2) is 7.73. The topological polar surface area (TPSA) is 20.2 Å². The highest BCUT2D eigenvalue weighted by atomic mass is 16.3. The van der Waals surface area contributed by atoms with Crippen molar-refractivity contribution in [2.24, 2.45) is 5.92 Å². The van der Waals surface area contributed by atoms with Crippen molar-refractivity contribution in [1.29, 1.82) is 0 Å². The molecule has 1 atom stereocenters. The molecular weight excluding hydrogens is 280 g/mol. The molecule has 1 aromatic carbocycles. The van der Waals surface area contributed by atoms with E-state index >= 15 is 0 Å². The van der Waals surface area contributed by atoms with Gasteiger partial charge in [-0.3, -0.25) is 0 Å². The molecule has 0 aromatic heterocycles. The Morgan fingerprint density at radius 3 is 1.78 bits per heavy atom. The molecule has 0 amide bonds. The van der Waals surface area contributed by atoms with Gasteiger partial charge >= 0.3 is 0 Å².